The third kappa shape index (κ3) is 4.07. The predicted molar refractivity (Wildman–Crippen MR) is 74.9 cm³/mol. The number of rotatable bonds is 3. The van der Waals surface area contributed by atoms with Gasteiger partial charge in [0.25, 0.3) is 0 Å². The van der Waals surface area contributed by atoms with Crippen LogP contribution in [-0.4, -0.2) is 5.91 Å². The van der Waals surface area contributed by atoms with E-state index < -0.39 is 23.5 Å². The monoisotopic (exact) mass is 311 g/mol. The molecule has 0 atom stereocenters. The Labute approximate surface area is 124 Å². The van der Waals surface area contributed by atoms with E-state index in [1.807, 2.05) is 0 Å². The number of hydrogen-bond acceptors (Lipinski definition) is 1. The second kappa shape index (κ2) is 6.17. The molecule has 0 saturated heterocycles. The quantitative estimate of drug-likeness (QED) is 0.840. The van der Waals surface area contributed by atoms with E-state index in [0.29, 0.717) is 5.56 Å². The highest BCUT2D eigenvalue weighted by Gasteiger charge is 2.29. The van der Waals surface area contributed by atoms with Crippen LogP contribution in [0.25, 0.3) is 0 Å². The number of benzene rings is 2. The standard InChI is InChI=1S/C16H13F4NO/c1-10-2-7-13(17)14(8-10)21-15(22)9-11-3-5-12(6-4-11)16(18,19)20/h2-8H,9H2,1H3,(H,21,22). The molecule has 0 unspecified atom stereocenters. The fraction of sp³-hybridized carbons (Fsp3) is 0.188. The topological polar surface area (TPSA) is 29.1 Å². The maximum atomic E-state index is 13.5. The van der Waals surface area contributed by atoms with Crippen molar-refractivity contribution in [3.63, 3.8) is 0 Å². The second-order valence-electron chi connectivity index (χ2n) is 4.90. The molecular weight excluding hydrogens is 298 g/mol. The van der Waals surface area contributed by atoms with E-state index in [2.05, 4.69) is 5.32 Å². The predicted octanol–water partition coefficient (Wildman–Crippen LogP) is 4.33. The van der Waals surface area contributed by atoms with E-state index in [1.165, 1.54) is 24.3 Å². The van der Waals surface area contributed by atoms with Gasteiger partial charge in [-0.25, -0.2) is 4.39 Å². The molecule has 2 aromatic rings. The van der Waals surface area contributed by atoms with Crippen molar-refractivity contribution in [1.82, 2.24) is 0 Å². The molecule has 0 bridgehead atoms. The van der Waals surface area contributed by atoms with Crippen LogP contribution >= 0.6 is 0 Å². The number of hydrogen-bond donors (Lipinski definition) is 1. The highest BCUT2D eigenvalue weighted by molar-refractivity contribution is 5.92. The molecule has 2 nitrogen and oxygen atoms in total. The number of aryl methyl sites for hydroxylation is 1. The number of halogens is 4. The van der Waals surface area contributed by atoms with E-state index in [1.54, 1.807) is 13.0 Å². The maximum absolute atomic E-state index is 13.5. The molecule has 0 saturated carbocycles. The summed E-state index contributed by atoms with van der Waals surface area (Å²) in [5.74, 6) is -1.06. The van der Waals surface area contributed by atoms with E-state index in [0.717, 1.165) is 17.7 Å². The molecule has 0 heterocycles. The largest absolute Gasteiger partial charge is 0.416 e. The Morgan fingerprint density at radius 3 is 2.32 bits per heavy atom. The van der Waals surface area contributed by atoms with Gasteiger partial charge in [-0.2, -0.15) is 13.2 Å². The summed E-state index contributed by atoms with van der Waals surface area (Å²) in [4.78, 5) is 11.8. The molecule has 1 N–H and O–H groups in total. The van der Waals surface area contributed by atoms with E-state index in [4.69, 9.17) is 0 Å². The van der Waals surface area contributed by atoms with Gasteiger partial charge in [-0.3, -0.25) is 4.79 Å². The lowest BCUT2D eigenvalue weighted by Gasteiger charge is -2.09. The third-order valence-corrected chi connectivity index (χ3v) is 3.04. The summed E-state index contributed by atoms with van der Waals surface area (Å²) in [6.07, 6.45) is -4.54. The zero-order chi connectivity index (χ0) is 16.3. The molecule has 1 amide bonds. The van der Waals surface area contributed by atoms with Crippen LogP contribution in [0.15, 0.2) is 42.5 Å². The molecule has 116 valence electrons. The average molecular weight is 311 g/mol. The molecule has 0 fully saturated rings. The zero-order valence-electron chi connectivity index (χ0n) is 11.7. The van der Waals surface area contributed by atoms with Crippen molar-refractivity contribution in [3.8, 4) is 0 Å². The van der Waals surface area contributed by atoms with Gasteiger partial charge >= 0.3 is 6.18 Å². The van der Waals surface area contributed by atoms with Crippen LogP contribution in [0.2, 0.25) is 0 Å². The van der Waals surface area contributed by atoms with Gasteiger partial charge in [-0.15, -0.1) is 0 Å². The van der Waals surface area contributed by atoms with Crippen molar-refractivity contribution in [3.05, 3.63) is 65.0 Å². The van der Waals surface area contributed by atoms with Crippen molar-refractivity contribution in [2.75, 3.05) is 5.32 Å². The second-order valence-corrected chi connectivity index (χ2v) is 4.90. The number of carbonyl (C=O) groups excluding carboxylic acids is 1. The lowest BCUT2D eigenvalue weighted by Crippen LogP contribution is -2.15. The number of alkyl halides is 3. The first kappa shape index (κ1) is 16.0. The van der Waals surface area contributed by atoms with Gasteiger partial charge in [0.1, 0.15) is 5.82 Å². The van der Waals surface area contributed by atoms with Crippen LogP contribution in [-0.2, 0) is 17.4 Å². The molecule has 0 aliphatic carbocycles. The number of carbonyl (C=O) groups is 1. The van der Waals surface area contributed by atoms with E-state index in [9.17, 15) is 22.4 Å². The smallest absolute Gasteiger partial charge is 0.323 e. The van der Waals surface area contributed by atoms with Gasteiger partial charge in [0.15, 0.2) is 0 Å². The van der Waals surface area contributed by atoms with Crippen LogP contribution in [0.3, 0.4) is 0 Å². The molecule has 2 rings (SSSR count). The average Bonchev–Trinajstić information content (AvgIpc) is 2.42. The van der Waals surface area contributed by atoms with Gasteiger partial charge in [0.05, 0.1) is 17.7 Å². The minimum atomic E-state index is -4.41. The van der Waals surface area contributed by atoms with Crippen LogP contribution < -0.4 is 5.32 Å². The van der Waals surface area contributed by atoms with Crippen LogP contribution in [0.1, 0.15) is 16.7 Å². The molecule has 6 heteroatoms. The Kier molecular flexibility index (Phi) is 4.49. The summed E-state index contributed by atoms with van der Waals surface area (Å²) in [7, 11) is 0. The van der Waals surface area contributed by atoms with Crippen molar-refractivity contribution >= 4 is 11.6 Å². The normalized spacial score (nSPS) is 11.3. The van der Waals surface area contributed by atoms with Crippen molar-refractivity contribution < 1.29 is 22.4 Å². The molecule has 0 aliphatic rings. The van der Waals surface area contributed by atoms with E-state index in [-0.39, 0.29) is 12.1 Å². The lowest BCUT2D eigenvalue weighted by atomic mass is 10.1. The first-order valence-corrected chi connectivity index (χ1v) is 6.48. The van der Waals surface area contributed by atoms with Gasteiger partial charge in [-0.05, 0) is 42.3 Å². The first-order valence-electron chi connectivity index (χ1n) is 6.48. The Morgan fingerprint density at radius 2 is 1.73 bits per heavy atom. The minimum Gasteiger partial charge on any atom is -0.323 e. The summed E-state index contributed by atoms with van der Waals surface area (Å²) >= 11 is 0. The van der Waals surface area contributed by atoms with Gasteiger partial charge in [0, 0.05) is 0 Å². The van der Waals surface area contributed by atoms with Crippen molar-refractivity contribution in [1.29, 1.82) is 0 Å². The molecule has 0 radical (unpaired) electrons. The fourth-order valence-electron chi connectivity index (χ4n) is 1.93. The van der Waals surface area contributed by atoms with Crippen molar-refractivity contribution in [2.45, 2.75) is 19.5 Å². The Morgan fingerprint density at radius 1 is 1.09 bits per heavy atom. The Hall–Kier alpha value is -2.37. The van der Waals surface area contributed by atoms with Crippen molar-refractivity contribution in [2.24, 2.45) is 0 Å². The number of amides is 1. The summed E-state index contributed by atoms with van der Waals surface area (Å²) in [5, 5.41) is 2.41. The summed E-state index contributed by atoms with van der Waals surface area (Å²) in [6, 6.07) is 8.58. The third-order valence-electron chi connectivity index (χ3n) is 3.04. The molecule has 22 heavy (non-hydrogen) atoms. The Balaban J connectivity index is 2.04. The van der Waals surface area contributed by atoms with Crippen LogP contribution in [0, 0.1) is 12.7 Å². The highest BCUT2D eigenvalue weighted by atomic mass is 19.4. The minimum absolute atomic E-state index is 0.0527. The molecule has 0 spiro atoms. The lowest BCUT2D eigenvalue weighted by molar-refractivity contribution is -0.137. The summed E-state index contributed by atoms with van der Waals surface area (Å²) in [5.41, 5.74) is 0.475. The summed E-state index contributed by atoms with van der Waals surface area (Å²) in [6.45, 7) is 1.75. The number of anilines is 1. The summed E-state index contributed by atoms with van der Waals surface area (Å²) < 4.78 is 50.8. The fourth-order valence-corrected chi connectivity index (χ4v) is 1.93. The van der Waals surface area contributed by atoms with Gasteiger partial charge in [-0.1, -0.05) is 18.2 Å². The van der Waals surface area contributed by atoms with Crippen LogP contribution in [0.5, 0.6) is 0 Å². The SMILES string of the molecule is Cc1ccc(F)c(NC(=O)Cc2ccc(C(F)(F)F)cc2)c1. The molecule has 2 aromatic carbocycles. The van der Waals surface area contributed by atoms with Gasteiger partial charge < -0.3 is 5.32 Å². The zero-order valence-corrected chi connectivity index (χ0v) is 11.7. The van der Waals surface area contributed by atoms with Gasteiger partial charge in [0.2, 0.25) is 5.91 Å². The van der Waals surface area contributed by atoms with Crippen LogP contribution in [0.4, 0.5) is 23.2 Å². The molecule has 0 aliphatic heterocycles. The molecular formula is C16H13F4NO. The number of nitrogens with one attached hydrogen (secondary N) is 1. The Bertz CT molecular complexity index is 678. The highest BCUT2D eigenvalue weighted by Crippen LogP contribution is 2.29. The first-order chi connectivity index (χ1) is 10.3. The molecule has 0 aromatic heterocycles. The maximum Gasteiger partial charge on any atom is 0.416 e. The van der Waals surface area contributed by atoms with E-state index >= 15 is 0 Å².